The van der Waals surface area contributed by atoms with Crippen LogP contribution in [0.4, 0.5) is 0 Å². The quantitative estimate of drug-likeness (QED) is 0.573. The zero-order valence-corrected chi connectivity index (χ0v) is 19.4. The van der Waals surface area contributed by atoms with Crippen LogP contribution in [0.3, 0.4) is 0 Å². The summed E-state index contributed by atoms with van der Waals surface area (Å²) >= 11 is 12.2. The highest BCUT2D eigenvalue weighted by Crippen LogP contribution is 2.31. The van der Waals surface area contributed by atoms with E-state index in [1.54, 1.807) is 38.5 Å². The van der Waals surface area contributed by atoms with Crippen molar-refractivity contribution in [2.75, 3.05) is 53.6 Å². The first-order valence-corrected chi connectivity index (χ1v) is 11.0. The number of aliphatic hydroxyl groups excluding tert-OH is 1. The van der Waals surface area contributed by atoms with Gasteiger partial charge >= 0.3 is 0 Å². The van der Waals surface area contributed by atoms with Crippen LogP contribution in [-0.2, 0) is 6.42 Å². The Morgan fingerprint density at radius 2 is 1.87 bits per heavy atom. The molecule has 1 atom stereocenters. The molecule has 0 bridgehead atoms. The van der Waals surface area contributed by atoms with Crippen molar-refractivity contribution >= 4 is 23.2 Å². The topological polar surface area (TPSA) is 54.4 Å². The van der Waals surface area contributed by atoms with Crippen molar-refractivity contribution in [1.29, 1.82) is 0 Å². The maximum Gasteiger partial charge on any atom is 0.164 e. The molecule has 0 saturated carbocycles. The van der Waals surface area contributed by atoms with Gasteiger partial charge in [0.1, 0.15) is 18.5 Å². The molecule has 169 valence electrons. The van der Waals surface area contributed by atoms with Crippen LogP contribution in [0, 0.1) is 6.54 Å². The van der Waals surface area contributed by atoms with Gasteiger partial charge in [0.25, 0.3) is 0 Å². The van der Waals surface area contributed by atoms with E-state index in [0.717, 1.165) is 38.2 Å². The van der Waals surface area contributed by atoms with Crippen LogP contribution >= 0.6 is 23.2 Å². The number of hydrogen-bond acceptors (Lipinski definition) is 6. The molecule has 2 aromatic rings. The average molecular weight is 468 g/mol. The highest BCUT2D eigenvalue weighted by Gasteiger charge is 2.20. The number of halogens is 2. The number of β-amino-alcohol motifs (C(OH)–C–C–N with tert-alkyl or cyclic N) is 1. The van der Waals surface area contributed by atoms with Gasteiger partial charge in [0, 0.05) is 55.4 Å². The molecule has 1 aliphatic heterocycles. The molecule has 1 radical (unpaired) electrons. The first-order chi connectivity index (χ1) is 15.0. The fourth-order valence-corrected chi connectivity index (χ4v) is 3.98. The third kappa shape index (κ3) is 7.16. The van der Waals surface area contributed by atoms with Crippen LogP contribution in [-0.4, -0.2) is 74.6 Å². The van der Waals surface area contributed by atoms with Crippen LogP contribution in [0.15, 0.2) is 36.4 Å². The molecule has 0 amide bonds. The van der Waals surface area contributed by atoms with Gasteiger partial charge in [-0.1, -0.05) is 29.3 Å². The Morgan fingerprint density at radius 3 is 2.55 bits per heavy atom. The first kappa shape index (κ1) is 24.0. The average Bonchev–Trinajstić information content (AvgIpc) is 2.78. The molecule has 1 N–H and O–H groups in total. The zero-order valence-electron chi connectivity index (χ0n) is 17.9. The van der Waals surface area contributed by atoms with Gasteiger partial charge in [0.2, 0.25) is 0 Å². The molecule has 1 unspecified atom stereocenters. The second kappa shape index (κ2) is 11.8. The lowest BCUT2D eigenvalue weighted by Crippen LogP contribution is -2.47. The van der Waals surface area contributed by atoms with Crippen molar-refractivity contribution in [3.05, 3.63) is 58.6 Å². The van der Waals surface area contributed by atoms with Crippen molar-refractivity contribution in [3.8, 4) is 17.2 Å². The molecule has 0 aliphatic carbocycles. The summed E-state index contributed by atoms with van der Waals surface area (Å²) in [5.74, 6) is 1.84. The molecule has 0 spiro atoms. The van der Waals surface area contributed by atoms with Gasteiger partial charge in [0.05, 0.1) is 14.2 Å². The minimum Gasteiger partial charge on any atom is -0.497 e. The summed E-state index contributed by atoms with van der Waals surface area (Å²) in [6.07, 6.45) is 0.259. The Balaban J connectivity index is 1.39. The Kier molecular flexibility index (Phi) is 9.11. The molecular weight excluding hydrogens is 439 g/mol. The predicted octanol–water partition coefficient (Wildman–Crippen LogP) is 3.77. The van der Waals surface area contributed by atoms with Crippen LogP contribution in [0.2, 0.25) is 10.0 Å². The normalized spacial score (nSPS) is 16.2. The standard InChI is InChI=1S/C23H29Cl2N2O4/c1-29-20-5-6-22(30-2)23(14-20)31-16-19(28)15-27-11-9-26(10-12-27)8-7-17-3-4-18(24)13-21(17)25/h3-6,9,13-14,19,28H,7-8,10-12,15-16H2,1-2H3. The van der Waals surface area contributed by atoms with Crippen LogP contribution in [0.25, 0.3) is 0 Å². The van der Waals surface area contributed by atoms with E-state index in [2.05, 4.69) is 16.3 Å². The van der Waals surface area contributed by atoms with Gasteiger partial charge in [-0.05, 0) is 36.2 Å². The molecule has 1 saturated heterocycles. The fraction of sp³-hybridized carbons (Fsp3) is 0.435. The van der Waals surface area contributed by atoms with Crippen LogP contribution in [0.5, 0.6) is 17.2 Å². The summed E-state index contributed by atoms with van der Waals surface area (Å²) < 4.78 is 16.3. The van der Waals surface area contributed by atoms with E-state index < -0.39 is 6.10 Å². The maximum atomic E-state index is 10.4. The van der Waals surface area contributed by atoms with Crippen LogP contribution < -0.4 is 14.2 Å². The van der Waals surface area contributed by atoms with E-state index in [1.165, 1.54) is 0 Å². The number of aliphatic hydroxyl groups is 1. The molecule has 31 heavy (non-hydrogen) atoms. The van der Waals surface area contributed by atoms with E-state index in [9.17, 15) is 5.11 Å². The van der Waals surface area contributed by atoms with Crippen LogP contribution in [0.1, 0.15) is 5.56 Å². The van der Waals surface area contributed by atoms with E-state index in [0.29, 0.717) is 33.8 Å². The molecule has 1 fully saturated rings. The summed E-state index contributed by atoms with van der Waals surface area (Å²) in [5.41, 5.74) is 1.10. The molecule has 3 rings (SSSR count). The number of piperazine rings is 1. The molecular formula is C23H29Cl2N2O4. The summed E-state index contributed by atoms with van der Waals surface area (Å²) in [4.78, 5) is 4.51. The van der Waals surface area contributed by atoms with Gasteiger partial charge in [-0.25, -0.2) is 0 Å². The fourth-order valence-electron chi connectivity index (χ4n) is 3.47. The monoisotopic (exact) mass is 467 g/mol. The number of hydrogen-bond donors (Lipinski definition) is 1. The smallest absolute Gasteiger partial charge is 0.164 e. The third-order valence-corrected chi connectivity index (χ3v) is 5.84. The molecule has 8 heteroatoms. The predicted molar refractivity (Wildman–Crippen MR) is 124 cm³/mol. The van der Waals surface area contributed by atoms with Crippen molar-refractivity contribution in [1.82, 2.24) is 9.80 Å². The number of methoxy groups -OCH3 is 2. The number of rotatable bonds is 10. The number of ether oxygens (including phenoxy) is 3. The van der Waals surface area contributed by atoms with Crippen molar-refractivity contribution < 1.29 is 19.3 Å². The van der Waals surface area contributed by atoms with E-state index in [4.69, 9.17) is 37.4 Å². The second-order valence-electron chi connectivity index (χ2n) is 7.45. The van der Waals surface area contributed by atoms with Crippen molar-refractivity contribution in [2.24, 2.45) is 0 Å². The van der Waals surface area contributed by atoms with E-state index in [1.807, 2.05) is 12.1 Å². The molecule has 6 nitrogen and oxygen atoms in total. The molecule has 1 heterocycles. The summed E-state index contributed by atoms with van der Waals surface area (Å²) in [5, 5.41) is 11.8. The number of benzene rings is 2. The Labute approximate surface area is 194 Å². The zero-order chi connectivity index (χ0) is 22.2. The van der Waals surface area contributed by atoms with Gasteiger partial charge in [-0.15, -0.1) is 0 Å². The Hall–Kier alpha value is -1.70. The van der Waals surface area contributed by atoms with Gasteiger partial charge < -0.3 is 19.3 Å². The minimum absolute atomic E-state index is 0.179. The van der Waals surface area contributed by atoms with E-state index >= 15 is 0 Å². The SMILES string of the molecule is COc1ccc(OC)c(OCC(O)CN2C[CH]N(CCc3ccc(Cl)cc3Cl)CC2)c1. The van der Waals surface area contributed by atoms with Gasteiger partial charge in [-0.2, -0.15) is 0 Å². The Morgan fingerprint density at radius 1 is 1.03 bits per heavy atom. The number of nitrogens with zero attached hydrogens (tertiary/aromatic N) is 2. The lowest BCUT2D eigenvalue weighted by Gasteiger charge is -2.35. The second-order valence-corrected chi connectivity index (χ2v) is 8.29. The maximum absolute atomic E-state index is 10.4. The summed E-state index contributed by atoms with van der Waals surface area (Å²) in [7, 11) is 3.18. The molecule has 1 aliphatic rings. The van der Waals surface area contributed by atoms with Crippen molar-refractivity contribution in [2.45, 2.75) is 12.5 Å². The summed E-state index contributed by atoms with van der Waals surface area (Å²) in [6.45, 7) is 6.36. The van der Waals surface area contributed by atoms with Gasteiger partial charge in [0.15, 0.2) is 11.5 Å². The summed E-state index contributed by atoms with van der Waals surface area (Å²) in [6, 6.07) is 11.0. The lowest BCUT2D eigenvalue weighted by atomic mass is 10.1. The van der Waals surface area contributed by atoms with Gasteiger partial charge in [-0.3, -0.25) is 9.80 Å². The highest BCUT2D eigenvalue weighted by molar-refractivity contribution is 6.35. The Bertz CT molecular complexity index is 844. The third-order valence-electron chi connectivity index (χ3n) is 5.26. The van der Waals surface area contributed by atoms with Crippen molar-refractivity contribution in [3.63, 3.8) is 0 Å². The highest BCUT2D eigenvalue weighted by atomic mass is 35.5. The molecule has 0 aromatic heterocycles. The minimum atomic E-state index is -0.608. The first-order valence-electron chi connectivity index (χ1n) is 10.2. The molecule has 2 aromatic carbocycles. The van der Waals surface area contributed by atoms with E-state index in [-0.39, 0.29) is 6.61 Å². The largest absolute Gasteiger partial charge is 0.497 e. The lowest BCUT2D eigenvalue weighted by molar-refractivity contribution is 0.0551.